The lowest BCUT2D eigenvalue weighted by Crippen LogP contribution is -2.15. The van der Waals surface area contributed by atoms with E-state index in [4.69, 9.17) is 4.74 Å². The molecule has 0 heterocycles. The molecule has 0 saturated heterocycles. The zero-order valence-corrected chi connectivity index (χ0v) is 9.67. The van der Waals surface area contributed by atoms with E-state index in [2.05, 4.69) is 5.32 Å². The number of hydrogen-bond acceptors (Lipinski definition) is 4. The molecule has 0 fully saturated rings. The molecule has 0 bridgehead atoms. The van der Waals surface area contributed by atoms with Crippen molar-refractivity contribution in [3.8, 4) is 5.75 Å². The monoisotopic (exact) mass is 229 g/mol. The summed E-state index contributed by atoms with van der Waals surface area (Å²) in [7, 11) is -1.27. The zero-order chi connectivity index (χ0) is 11.3. The van der Waals surface area contributed by atoms with E-state index in [0.717, 1.165) is 6.54 Å². The second-order valence-electron chi connectivity index (χ2n) is 3.20. The molecule has 0 aliphatic heterocycles. The van der Waals surface area contributed by atoms with Crippen LogP contribution in [0.25, 0.3) is 0 Å². The minimum absolute atomic E-state index is 0.309. The van der Waals surface area contributed by atoms with Crippen LogP contribution in [0, 0.1) is 0 Å². The third-order valence-corrected chi connectivity index (χ3v) is 3.00. The maximum Gasteiger partial charge on any atom is 0.175 e. The summed E-state index contributed by atoms with van der Waals surface area (Å²) in [5.74, 6) is 0.678. The summed E-state index contributed by atoms with van der Waals surface area (Å²) in [5.41, 5.74) is 0. The van der Waals surface area contributed by atoms with Crippen molar-refractivity contribution in [3.05, 3.63) is 24.3 Å². The van der Waals surface area contributed by atoms with Gasteiger partial charge in [-0.25, -0.2) is 8.42 Å². The van der Waals surface area contributed by atoms with Crippen LogP contribution < -0.4 is 10.1 Å². The fourth-order valence-electron chi connectivity index (χ4n) is 1.05. The summed E-state index contributed by atoms with van der Waals surface area (Å²) in [5, 5.41) is 2.95. The number of hydrogen-bond donors (Lipinski definition) is 1. The molecule has 1 N–H and O–H groups in total. The molecule has 1 aromatic carbocycles. The summed E-state index contributed by atoms with van der Waals surface area (Å²) in [6.07, 6.45) is 1.18. The average Bonchev–Trinajstić information content (AvgIpc) is 2.18. The number of benzene rings is 1. The highest BCUT2D eigenvalue weighted by molar-refractivity contribution is 7.90. The Bertz CT molecular complexity index is 397. The van der Waals surface area contributed by atoms with Gasteiger partial charge in [0.25, 0.3) is 0 Å². The smallest absolute Gasteiger partial charge is 0.175 e. The highest BCUT2D eigenvalue weighted by atomic mass is 32.2. The third kappa shape index (κ3) is 3.89. The first-order chi connectivity index (χ1) is 7.04. The minimum atomic E-state index is -3.11. The molecule has 4 nitrogen and oxygen atoms in total. The predicted molar refractivity (Wildman–Crippen MR) is 59.0 cm³/mol. The Hall–Kier alpha value is -1.07. The van der Waals surface area contributed by atoms with Gasteiger partial charge in [-0.2, -0.15) is 0 Å². The van der Waals surface area contributed by atoms with E-state index in [-0.39, 0.29) is 0 Å². The van der Waals surface area contributed by atoms with E-state index in [1.165, 1.54) is 6.26 Å². The second-order valence-corrected chi connectivity index (χ2v) is 5.21. The molecule has 84 valence electrons. The van der Waals surface area contributed by atoms with Gasteiger partial charge in [0.05, 0.1) is 4.90 Å². The molecule has 1 aromatic rings. The van der Waals surface area contributed by atoms with Gasteiger partial charge >= 0.3 is 0 Å². The van der Waals surface area contributed by atoms with Crippen LogP contribution in [0.2, 0.25) is 0 Å². The van der Waals surface area contributed by atoms with Crippen molar-refractivity contribution in [2.75, 3.05) is 26.5 Å². The Balaban J connectivity index is 2.65. The lowest BCUT2D eigenvalue weighted by Gasteiger charge is -2.05. The van der Waals surface area contributed by atoms with Crippen LogP contribution in [0.15, 0.2) is 29.2 Å². The van der Waals surface area contributed by atoms with Gasteiger partial charge in [0.1, 0.15) is 12.4 Å². The fraction of sp³-hybridized carbons (Fsp3) is 0.400. The van der Waals surface area contributed by atoms with E-state index in [9.17, 15) is 8.42 Å². The highest BCUT2D eigenvalue weighted by Gasteiger charge is 2.05. The standard InChI is InChI=1S/C10H15NO3S/c1-11-7-8-14-9-3-5-10(6-4-9)15(2,12)13/h3-6,11H,7-8H2,1-2H3. The van der Waals surface area contributed by atoms with Crippen LogP contribution in [0.4, 0.5) is 0 Å². The van der Waals surface area contributed by atoms with E-state index < -0.39 is 9.84 Å². The minimum Gasteiger partial charge on any atom is -0.492 e. The Morgan fingerprint density at radius 2 is 1.87 bits per heavy atom. The van der Waals surface area contributed by atoms with Crippen LogP contribution in [-0.4, -0.2) is 34.9 Å². The van der Waals surface area contributed by atoms with Crippen LogP contribution in [0.1, 0.15) is 0 Å². The summed E-state index contributed by atoms with van der Waals surface area (Å²) in [6, 6.07) is 6.41. The summed E-state index contributed by atoms with van der Waals surface area (Å²) >= 11 is 0. The molecule has 0 aromatic heterocycles. The number of likely N-dealkylation sites (N-methyl/N-ethyl adjacent to an activating group) is 1. The van der Waals surface area contributed by atoms with Crippen molar-refractivity contribution in [1.29, 1.82) is 0 Å². The van der Waals surface area contributed by atoms with Gasteiger partial charge in [0.2, 0.25) is 0 Å². The second kappa shape index (κ2) is 5.14. The first kappa shape index (κ1) is 12.0. The summed E-state index contributed by atoms with van der Waals surface area (Å²) in [4.78, 5) is 0.309. The maximum atomic E-state index is 11.2. The number of sulfone groups is 1. The SMILES string of the molecule is CNCCOc1ccc(S(C)(=O)=O)cc1. The maximum absolute atomic E-state index is 11.2. The van der Waals surface area contributed by atoms with Gasteiger partial charge in [-0.3, -0.25) is 0 Å². The van der Waals surface area contributed by atoms with E-state index in [1.54, 1.807) is 24.3 Å². The van der Waals surface area contributed by atoms with Crippen LogP contribution in [0.3, 0.4) is 0 Å². The molecule has 5 heteroatoms. The molecule has 0 saturated carbocycles. The van der Waals surface area contributed by atoms with Crippen molar-refractivity contribution < 1.29 is 13.2 Å². The molecule has 0 unspecified atom stereocenters. The van der Waals surface area contributed by atoms with Gasteiger partial charge in [-0.15, -0.1) is 0 Å². The molecule has 0 aliphatic carbocycles. The lowest BCUT2D eigenvalue weighted by atomic mass is 10.3. The Morgan fingerprint density at radius 1 is 1.27 bits per heavy atom. The van der Waals surface area contributed by atoms with Gasteiger partial charge in [-0.05, 0) is 31.3 Å². The van der Waals surface area contributed by atoms with Crippen molar-refractivity contribution in [2.45, 2.75) is 4.90 Å². The normalized spacial score (nSPS) is 11.3. The predicted octanol–water partition coefficient (Wildman–Crippen LogP) is 0.688. The molecular formula is C10H15NO3S. The molecule has 0 aliphatic rings. The van der Waals surface area contributed by atoms with Crippen LogP contribution in [-0.2, 0) is 9.84 Å². The van der Waals surface area contributed by atoms with Crippen molar-refractivity contribution in [3.63, 3.8) is 0 Å². The van der Waals surface area contributed by atoms with Gasteiger partial charge in [0.15, 0.2) is 9.84 Å². The fourth-order valence-corrected chi connectivity index (χ4v) is 1.68. The molecule has 0 atom stereocenters. The molecule has 0 radical (unpaired) electrons. The van der Waals surface area contributed by atoms with Crippen molar-refractivity contribution in [1.82, 2.24) is 5.32 Å². The van der Waals surface area contributed by atoms with Gasteiger partial charge in [0, 0.05) is 12.8 Å². The molecule has 0 amide bonds. The van der Waals surface area contributed by atoms with E-state index in [0.29, 0.717) is 17.3 Å². The Morgan fingerprint density at radius 3 is 2.33 bits per heavy atom. The molecule has 1 rings (SSSR count). The first-order valence-electron chi connectivity index (χ1n) is 4.61. The van der Waals surface area contributed by atoms with Crippen LogP contribution in [0.5, 0.6) is 5.75 Å². The van der Waals surface area contributed by atoms with Crippen molar-refractivity contribution in [2.24, 2.45) is 0 Å². The quantitative estimate of drug-likeness (QED) is 0.755. The Labute approximate surface area is 90.2 Å². The van der Waals surface area contributed by atoms with Crippen LogP contribution >= 0.6 is 0 Å². The van der Waals surface area contributed by atoms with Gasteiger partial charge in [-0.1, -0.05) is 0 Å². The number of ether oxygens (including phenoxy) is 1. The lowest BCUT2D eigenvalue weighted by molar-refractivity contribution is 0.318. The molecular weight excluding hydrogens is 214 g/mol. The summed E-state index contributed by atoms with van der Waals surface area (Å²) < 4.78 is 27.7. The summed E-state index contributed by atoms with van der Waals surface area (Å²) in [6.45, 7) is 1.32. The van der Waals surface area contributed by atoms with Gasteiger partial charge < -0.3 is 10.1 Å². The largest absolute Gasteiger partial charge is 0.492 e. The highest BCUT2D eigenvalue weighted by Crippen LogP contribution is 2.15. The van der Waals surface area contributed by atoms with E-state index in [1.807, 2.05) is 7.05 Å². The number of nitrogens with one attached hydrogen (secondary N) is 1. The Kier molecular flexibility index (Phi) is 4.11. The molecule has 15 heavy (non-hydrogen) atoms. The average molecular weight is 229 g/mol. The third-order valence-electron chi connectivity index (χ3n) is 1.87. The van der Waals surface area contributed by atoms with E-state index >= 15 is 0 Å². The first-order valence-corrected chi connectivity index (χ1v) is 6.50. The van der Waals surface area contributed by atoms with Crippen molar-refractivity contribution >= 4 is 9.84 Å². The molecule has 0 spiro atoms. The topological polar surface area (TPSA) is 55.4 Å². The zero-order valence-electron chi connectivity index (χ0n) is 8.86. The number of rotatable bonds is 5.